The number of benzene rings is 4. The maximum atomic E-state index is 10.8. The van der Waals surface area contributed by atoms with Crippen molar-refractivity contribution in [2.45, 2.75) is 169 Å². The summed E-state index contributed by atoms with van der Waals surface area (Å²) in [7, 11) is 2.17. The first-order valence-corrected chi connectivity index (χ1v) is 36.2. The number of aryl methyl sites for hydroxylation is 4. The highest BCUT2D eigenvalue weighted by Crippen LogP contribution is 2.39. The van der Waals surface area contributed by atoms with E-state index in [4.69, 9.17) is 23.2 Å². The molecule has 0 spiro atoms. The van der Waals surface area contributed by atoms with E-state index in [0.29, 0.717) is 31.6 Å². The normalized spacial score (nSPS) is 15.9. The molecule has 12 aromatic rings. The summed E-state index contributed by atoms with van der Waals surface area (Å²) in [5.74, 6) is 0. The second-order valence-electron chi connectivity index (χ2n) is 28.9. The zero-order chi connectivity index (χ0) is 68.9. The van der Waals surface area contributed by atoms with Gasteiger partial charge in [0.2, 0.25) is 0 Å². The van der Waals surface area contributed by atoms with Gasteiger partial charge in [-0.1, -0.05) is 73.3 Å². The van der Waals surface area contributed by atoms with Crippen LogP contribution in [0, 0.1) is 19.3 Å². The fraction of sp³-hybridized carbons (Fsp3) is 0.373. The van der Waals surface area contributed by atoms with E-state index in [-0.39, 0.29) is 0 Å². The van der Waals surface area contributed by atoms with E-state index in [9.17, 15) is 20.4 Å². The SMILES string of the molecule is CC(C)(C)CCN1CCc2c(c3cc(Cl)ccc3n2CC(O)c2ccncc2)C1.Cc1ccc2c(c1)c1c(n2CC(O)c2cccnc2)CCCC1.Cc1ccc2c(c1)c1c(n2CC(O)c2ccncc2)CCN(C)C1.OC(Cn1c2c(c3cc(Cl)ccc31)CCCC2)c1ccncc1. The van der Waals surface area contributed by atoms with Crippen LogP contribution in [0.5, 0.6) is 0 Å². The van der Waals surface area contributed by atoms with Crippen LogP contribution < -0.4 is 0 Å². The molecule has 10 heterocycles. The summed E-state index contributed by atoms with van der Waals surface area (Å²) in [6.07, 6.45) is 24.3. The molecule has 4 atom stereocenters. The Balaban J connectivity index is 0.000000119. The topological polar surface area (TPSA) is 159 Å². The summed E-state index contributed by atoms with van der Waals surface area (Å²) in [6, 6.07) is 40.6. The van der Waals surface area contributed by atoms with Gasteiger partial charge in [0.05, 0.1) is 50.6 Å². The Morgan fingerprint density at radius 3 is 1.24 bits per heavy atom. The van der Waals surface area contributed by atoms with Gasteiger partial charge in [-0.3, -0.25) is 24.8 Å². The first kappa shape index (κ1) is 69.5. The van der Waals surface area contributed by atoms with E-state index in [1.165, 1.54) is 126 Å². The summed E-state index contributed by atoms with van der Waals surface area (Å²) in [4.78, 5) is 21.2. The third kappa shape index (κ3) is 15.8. The van der Waals surface area contributed by atoms with Crippen LogP contribution in [0.1, 0.15) is 156 Å². The number of fused-ring (bicyclic) bond motifs is 12. The van der Waals surface area contributed by atoms with Crippen LogP contribution in [0.15, 0.2) is 171 Å². The molecule has 16 heteroatoms. The van der Waals surface area contributed by atoms with E-state index in [1.807, 2.05) is 60.7 Å². The average molecular weight is 1370 g/mol. The molecule has 2 aliphatic carbocycles. The molecule has 8 aromatic heterocycles. The lowest BCUT2D eigenvalue weighted by Gasteiger charge is -2.31. The Bertz CT molecular complexity index is 4590. The third-order valence-electron chi connectivity index (χ3n) is 20.7. The maximum Gasteiger partial charge on any atom is 0.0983 e. The van der Waals surface area contributed by atoms with Crippen LogP contribution in [0.2, 0.25) is 10.0 Å². The molecule has 0 radical (unpaired) electrons. The molecule has 14 nitrogen and oxygen atoms in total. The minimum Gasteiger partial charge on any atom is -0.387 e. The van der Waals surface area contributed by atoms with Gasteiger partial charge in [0, 0.05) is 171 Å². The molecule has 0 saturated carbocycles. The number of hydrogen-bond acceptors (Lipinski definition) is 10. The van der Waals surface area contributed by atoms with E-state index < -0.39 is 24.4 Å². The van der Waals surface area contributed by atoms with E-state index in [2.05, 4.69) is 150 Å². The quantitative estimate of drug-likeness (QED) is 0.0826. The number of aromatic nitrogens is 8. The van der Waals surface area contributed by atoms with Crippen LogP contribution in [0.25, 0.3) is 43.6 Å². The number of halogens is 2. The van der Waals surface area contributed by atoms with Gasteiger partial charge < -0.3 is 43.6 Å². The van der Waals surface area contributed by atoms with Gasteiger partial charge in [0.25, 0.3) is 0 Å². The summed E-state index contributed by atoms with van der Waals surface area (Å²) < 4.78 is 9.24. The van der Waals surface area contributed by atoms with Crippen molar-refractivity contribution in [3.05, 3.63) is 259 Å². The molecule has 0 amide bonds. The number of nitrogens with zero attached hydrogens (tertiary/aromatic N) is 10. The van der Waals surface area contributed by atoms with Crippen molar-refractivity contribution in [3.63, 3.8) is 0 Å². The molecule has 0 saturated heterocycles. The second-order valence-corrected chi connectivity index (χ2v) is 29.8. The Labute approximate surface area is 592 Å². The fourth-order valence-corrected chi connectivity index (χ4v) is 15.8. The molecule has 99 heavy (non-hydrogen) atoms. The van der Waals surface area contributed by atoms with Gasteiger partial charge in [-0.05, 0) is 233 Å². The fourth-order valence-electron chi connectivity index (χ4n) is 15.5. The summed E-state index contributed by atoms with van der Waals surface area (Å²) >= 11 is 12.6. The van der Waals surface area contributed by atoms with Gasteiger partial charge >= 0.3 is 0 Å². The highest BCUT2D eigenvalue weighted by molar-refractivity contribution is 6.31. The summed E-state index contributed by atoms with van der Waals surface area (Å²) in [5.41, 5.74) is 22.5. The van der Waals surface area contributed by atoms with Gasteiger partial charge in [-0.15, -0.1) is 0 Å². The van der Waals surface area contributed by atoms with E-state index in [0.717, 1.165) is 109 Å². The zero-order valence-corrected chi connectivity index (χ0v) is 59.6. The largest absolute Gasteiger partial charge is 0.387 e. The maximum absolute atomic E-state index is 10.8. The van der Waals surface area contributed by atoms with Gasteiger partial charge in [0.1, 0.15) is 0 Å². The van der Waals surface area contributed by atoms with E-state index >= 15 is 0 Å². The summed E-state index contributed by atoms with van der Waals surface area (Å²) in [5, 5.41) is 49.5. The number of pyridine rings is 4. The minimum atomic E-state index is -0.563. The van der Waals surface area contributed by atoms with Crippen LogP contribution in [-0.4, -0.2) is 95.1 Å². The molecule has 16 rings (SSSR count). The highest BCUT2D eigenvalue weighted by atomic mass is 35.5. The Kier molecular flexibility index (Phi) is 21.6. The van der Waals surface area contributed by atoms with Crippen molar-refractivity contribution in [2.75, 3.05) is 26.7 Å². The molecule has 0 bridgehead atoms. The molecule has 514 valence electrons. The average Bonchev–Trinajstić information content (AvgIpc) is 1.64. The lowest BCUT2D eigenvalue weighted by Crippen LogP contribution is -2.33. The van der Waals surface area contributed by atoms with Gasteiger partial charge in [0.15, 0.2) is 0 Å². The summed E-state index contributed by atoms with van der Waals surface area (Å²) in [6.45, 7) is 18.6. The Morgan fingerprint density at radius 1 is 0.414 bits per heavy atom. The number of likely N-dealkylation sites (N-methyl/N-ethyl adjacent to an activating group) is 1. The van der Waals surface area contributed by atoms with Crippen molar-refractivity contribution in [1.29, 1.82) is 0 Å². The number of aliphatic hydroxyl groups is 4. The van der Waals surface area contributed by atoms with E-state index in [1.54, 1.807) is 49.6 Å². The lowest BCUT2D eigenvalue weighted by atomic mass is 9.91. The molecule has 4 N–H and O–H groups in total. The number of rotatable bonds is 14. The predicted octanol–water partition coefficient (Wildman–Crippen LogP) is 16.5. The van der Waals surface area contributed by atoms with Crippen LogP contribution in [0.3, 0.4) is 0 Å². The van der Waals surface area contributed by atoms with Crippen molar-refractivity contribution in [2.24, 2.45) is 5.41 Å². The van der Waals surface area contributed by atoms with Crippen LogP contribution >= 0.6 is 23.2 Å². The minimum absolute atomic E-state index is 0.340. The molecule has 0 fully saturated rings. The highest BCUT2D eigenvalue weighted by Gasteiger charge is 2.29. The number of aliphatic hydroxyl groups excluding tert-OH is 4. The standard InChI is InChI=1S/C24H30ClN3O.C20H23N3O.C20H22N2O.C19H19ClN2O/c1-24(2,3)9-13-27-12-8-22-20(15-27)19-14-18(25)4-5-21(19)28(22)16-23(29)17-6-10-26-11-7-17;1-14-3-4-18-16(11-14)17-12-22(2)10-7-19(17)23(18)13-20(24)15-5-8-21-9-6-15;1-14-8-9-19-17(11-14)16-6-2-3-7-18(16)22(19)13-20(23)15-5-4-10-21-12-15;20-14-5-6-18-16(11-14)15-3-1-2-4-17(15)22(18)12-19(23)13-7-9-21-10-8-13/h4-7,10-11,14,23,29H,8-9,12-13,15-16H2,1-3H3;3-6,8-9,11,20,24H,7,10,12-13H2,1-2H3;4-5,8-12,20,23H,2-3,6-7,13H2,1H3;5-11,19,23H,1-4,12H2. The monoisotopic (exact) mass is 1360 g/mol. The third-order valence-corrected chi connectivity index (χ3v) is 21.2. The molecular weight excluding hydrogens is 1270 g/mol. The van der Waals surface area contributed by atoms with Gasteiger partial charge in [-0.25, -0.2) is 0 Å². The van der Waals surface area contributed by atoms with Crippen molar-refractivity contribution in [3.8, 4) is 0 Å². The van der Waals surface area contributed by atoms with Crippen LogP contribution in [-0.2, 0) is 77.8 Å². The molecular formula is C83H94Cl2N10O4. The van der Waals surface area contributed by atoms with Crippen LogP contribution in [0.4, 0.5) is 0 Å². The van der Waals surface area contributed by atoms with Crippen molar-refractivity contribution >= 4 is 66.8 Å². The predicted molar refractivity (Wildman–Crippen MR) is 400 cm³/mol. The Hall–Kier alpha value is -8.02. The molecule has 4 unspecified atom stereocenters. The molecule has 4 aromatic carbocycles. The van der Waals surface area contributed by atoms with Crippen molar-refractivity contribution < 1.29 is 20.4 Å². The first-order chi connectivity index (χ1) is 47.9. The molecule has 4 aliphatic rings. The second kappa shape index (κ2) is 30.8. The number of hydrogen-bond donors (Lipinski definition) is 4. The Morgan fingerprint density at radius 2 is 0.798 bits per heavy atom. The zero-order valence-electron chi connectivity index (χ0n) is 58.1. The smallest absolute Gasteiger partial charge is 0.0983 e. The van der Waals surface area contributed by atoms with Crippen molar-refractivity contribution in [1.82, 2.24) is 48.0 Å². The van der Waals surface area contributed by atoms with Gasteiger partial charge in [-0.2, -0.15) is 0 Å². The first-order valence-electron chi connectivity index (χ1n) is 35.5. The lowest BCUT2D eigenvalue weighted by molar-refractivity contribution is 0.155. The molecule has 2 aliphatic heterocycles.